The molecule has 1 aromatic carbocycles. The fraction of sp³-hybridized carbons (Fsp3) is 0.381. The minimum absolute atomic E-state index is 0.326. The van der Waals surface area contributed by atoms with Gasteiger partial charge in [0.1, 0.15) is 0 Å². The van der Waals surface area contributed by atoms with E-state index in [4.69, 9.17) is 0 Å². The summed E-state index contributed by atoms with van der Waals surface area (Å²) in [5, 5.41) is 0. The van der Waals surface area contributed by atoms with E-state index in [-0.39, 0.29) is 0 Å². The van der Waals surface area contributed by atoms with Gasteiger partial charge in [0.25, 0.3) is 0 Å². The van der Waals surface area contributed by atoms with Crippen LogP contribution in [0, 0.1) is 0 Å². The van der Waals surface area contributed by atoms with Gasteiger partial charge in [0, 0.05) is 35.6 Å². The SMILES string of the molecule is CCN(CC)CCCN1C(c2ccncc2)=CN2c3ccccc3SC12. The number of rotatable bonds is 7. The predicted octanol–water partition coefficient (Wildman–Crippen LogP) is 4.32. The third kappa shape index (κ3) is 3.21. The summed E-state index contributed by atoms with van der Waals surface area (Å²) in [4.78, 5) is 13.0. The van der Waals surface area contributed by atoms with Crippen LogP contribution < -0.4 is 4.90 Å². The molecule has 2 aromatic rings. The summed E-state index contributed by atoms with van der Waals surface area (Å²) < 4.78 is 0. The van der Waals surface area contributed by atoms with E-state index in [2.05, 4.69) is 76.1 Å². The molecule has 4 rings (SSSR count). The van der Waals surface area contributed by atoms with E-state index in [0.29, 0.717) is 5.50 Å². The van der Waals surface area contributed by atoms with E-state index < -0.39 is 0 Å². The van der Waals surface area contributed by atoms with Gasteiger partial charge < -0.3 is 14.7 Å². The highest BCUT2D eigenvalue weighted by Gasteiger charge is 2.39. The van der Waals surface area contributed by atoms with Gasteiger partial charge >= 0.3 is 0 Å². The maximum atomic E-state index is 4.19. The molecule has 0 aliphatic carbocycles. The maximum absolute atomic E-state index is 4.19. The normalized spacial score (nSPS) is 18.3. The standard InChI is InChI=1S/C21H26N4S/c1-3-23(4-2)14-7-15-24-19(17-10-12-22-13-11-17)16-25-18-8-5-6-9-20(18)26-21(24)25/h5-6,8-13,16,21H,3-4,7,14-15H2,1-2H3. The van der Waals surface area contributed by atoms with Crippen molar-refractivity contribution >= 4 is 23.1 Å². The number of aromatic nitrogens is 1. The first-order valence-electron chi connectivity index (χ1n) is 9.47. The minimum atomic E-state index is 0.326. The van der Waals surface area contributed by atoms with Crippen molar-refractivity contribution in [3.8, 4) is 0 Å². The van der Waals surface area contributed by atoms with Gasteiger partial charge in [-0.05, 0) is 50.3 Å². The number of pyridine rings is 1. The Morgan fingerprint density at radius 1 is 1.08 bits per heavy atom. The van der Waals surface area contributed by atoms with E-state index in [1.54, 1.807) is 0 Å². The molecule has 136 valence electrons. The molecule has 3 heterocycles. The third-order valence-electron chi connectivity index (χ3n) is 5.20. The summed E-state index contributed by atoms with van der Waals surface area (Å²) in [7, 11) is 0. The largest absolute Gasteiger partial charge is 0.340 e. The Balaban J connectivity index is 1.58. The fourth-order valence-electron chi connectivity index (χ4n) is 3.73. The lowest BCUT2D eigenvalue weighted by Gasteiger charge is -2.30. The van der Waals surface area contributed by atoms with Gasteiger partial charge in [-0.2, -0.15) is 0 Å². The lowest BCUT2D eigenvalue weighted by molar-refractivity contribution is 0.278. The van der Waals surface area contributed by atoms with Crippen LogP contribution in [-0.4, -0.2) is 46.5 Å². The lowest BCUT2D eigenvalue weighted by Crippen LogP contribution is -2.36. The van der Waals surface area contributed by atoms with Crippen LogP contribution in [0.3, 0.4) is 0 Å². The molecular weight excluding hydrogens is 340 g/mol. The van der Waals surface area contributed by atoms with Crippen LogP contribution in [-0.2, 0) is 0 Å². The van der Waals surface area contributed by atoms with E-state index >= 15 is 0 Å². The van der Waals surface area contributed by atoms with Crippen molar-refractivity contribution in [2.45, 2.75) is 30.7 Å². The van der Waals surface area contributed by atoms with Gasteiger partial charge in [-0.3, -0.25) is 4.98 Å². The second-order valence-electron chi connectivity index (χ2n) is 6.64. The zero-order chi connectivity index (χ0) is 17.9. The summed E-state index contributed by atoms with van der Waals surface area (Å²) in [6.07, 6.45) is 7.26. The lowest BCUT2D eigenvalue weighted by atomic mass is 10.2. The van der Waals surface area contributed by atoms with Crippen molar-refractivity contribution < 1.29 is 0 Å². The number of nitrogens with zero attached hydrogens (tertiary/aromatic N) is 4. The van der Waals surface area contributed by atoms with Crippen LogP contribution in [0.1, 0.15) is 25.8 Å². The average molecular weight is 367 g/mol. The van der Waals surface area contributed by atoms with Crippen molar-refractivity contribution in [1.29, 1.82) is 0 Å². The van der Waals surface area contributed by atoms with Crippen molar-refractivity contribution in [2.75, 3.05) is 31.1 Å². The van der Waals surface area contributed by atoms with Crippen molar-refractivity contribution in [2.24, 2.45) is 0 Å². The van der Waals surface area contributed by atoms with Crippen LogP contribution in [0.5, 0.6) is 0 Å². The molecule has 2 aliphatic heterocycles. The van der Waals surface area contributed by atoms with E-state index in [0.717, 1.165) is 26.2 Å². The molecule has 4 nitrogen and oxygen atoms in total. The minimum Gasteiger partial charge on any atom is -0.340 e. The van der Waals surface area contributed by atoms with Crippen LogP contribution in [0.25, 0.3) is 5.70 Å². The first-order chi connectivity index (χ1) is 12.8. The Morgan fingerprint density at radius 3 is 2.62 bits per heavy atom. The Morgan fingerprint density at radius 2 is 1.85 bits per heavy atom. The summed E-state index contributed by atoms with van der Waals surface area (Å²) in [5.41, 5.74) is 4.20. The maximum Gasteiger partial charge on any atom is 0.159 e. The quantitative estimate of drug-likeness (QED) is 0.726. The molecule has 0 radical (unpaired) electrons. The van der Waals surface area contributed by atoms with Gasteiger partial charge in [-0.1, -0.05) is 37.7 Å². The van der Waals surface area contributed by atoms with Gasteiger partial charge in [0.2, 0.25) is 0 Å². The summed E-state index contributed by atoms with van der Waals surface area (Å²) >= 11 is 1.95. The van der Waals surface area contributed by atoms with Crippen molar-refractivity contribution in [1.82, 2.24) is 14.8 Å². The second kappa shape index (κ2) is 7.72. The van der Waals surface area contributed by atoms with Crippen molar-refractivity contribution in [3.63, 3.8) is 0 Å². The Hall–Kier alpha value is -1.98. The van der Waals surface area contributed by atoms with Crippen LogP contribution in [0.2, 0.25) is 0 Å². The molecule has 5 heteroatoms. The van der Waals surface area contributed by atoms with Gasteiger partial charge in [0.05, 0.1) is 11.4 Å². The molecule has 0 saturated heterocycles. The number of hydrogen-bond donors (Lipinski definition) is 0. The van der Waals surface area contributed by atoms with Crippen LogP contribution in [0.4, 0.5) is 5.69 Å². The highest BCUT2D eigenvalue weighted by atomic mass is 32.2. The first-order valence-corrected chi connectivity index (χ1v) is 10.3. The van der Waals surface area contributed by atoms with E-state index in [1.807, 2.05) is 24.2 Å². The van der Waals surface area contributed by atoms with Crippen molar-refractivity contribution in [3.05, 3.63) is 60.6 Å². The zero-order valence-corrected chi connectivity index (χ0v) is 16.3. The molecule has 0 saturated carbocycles. The van der Waals surface area contributed by atoms with E-state index in [9.17, 15) is 0 Å². The number of fused-ring (bicyclic) bond motifs is 3. The molecule has 0 fully saturated rings. The summed E-state index contributed by atoms with van der Waals surface area (Å²) in [5.74, 6) is 0. The molecule has 0 N–H and O–H groups in total. The number of hydrogen-bond acceptors (Lipinski definition) is 5. The highest BCUT2D eigenvalue weighted by molar-refractivity contribution is 8.00. The number of para-hydroxylation sites is 1. The molecule has 2 aliphatic rings. The molecular formula is C21H26N4S. The average Bonchev–Trinajstić information content (AvgIpc) is 3.22. The third-order valence-corrected chi connectivity index (χ3v) is 6.49. The first kappa shape index (κ1) is 17.4. The Labute approximate surface area is 160 Å². The second-order valence-corrected chi connectivity index (χ2v) is 7.74. The van der Waals surface area contributed by atoms with Gasteiger partial charge in [-0.15, -0.1) is 0 Å². The van der Waals surface area contributed by atoms with E-state index in [1.165, 1.54) is 28.3 Å². The molecule has 0 amide bonds. The van der Waals surface area contributed by atoms with Gasteiger partial charge in [-0.25, -0.2) is 0 Å². The van der Waals surface area contributed by atoms with Gasteiger partial charge in [0.15, 0.2) is 5.50 Å². The molecule has 26 heavy (non-hydrogen) atoms. The smallest absolute Gasteiger partial charge is 0.159 e. The predicted molar refractivity (Wildman–Crippen MR) is 110 cm³/mol. The topological polar surface area (TPSA) is 22.6 Å². The number of benzene rings is 1. The highest BCUT2D eigenvalue weighted by Crippen LogP contribution is 2.50. The number of thioether (sulfide) groups is 1. The Bertz CT molecular complexity index is 773. The molecule has 1 atom stereocenters. The number of anilines is 1. The van der Waals surface area contributed by atoms with Crippen LogP contribution >= 0.6 is 11.8 Å². The molecule has 0 bridgehead atoms. The molecule has 0 spiro atoms. The molecule has 1 unspecified atom stereocenters. The van der Waals surface area contributed by atoms with Crippen LogP contribution in [0.15, 0.2) is 59.9 Å². The zero-order valence-electron chi connectivity index (χ0n) is 15.5. The summed E-state index contributed by atoms with van der Waals surface area (Å²) in [6, 6.07) is 12.9. The fourth-order valence-corrected chi connectivity index (χ4v) is 5.04. The monoisotopic (exact) mass is 366 g/mol. The summed E-state index contributed by atoms with van der Waals surface area (Å²) in [6.45, 7) is 8.95. The molecule has 1 aromatic heterocycles. The Kier molecular flexibility index (Phi) is 5.18.